The number of pyridine rings is 1. The van der Waals surface area contributed by atoms with Gasteiger partial charge in [-0.25, -0.2) is 5.43 Å². The van der Waals surface area contributed by atoms with Crippen molar-refractivity contribution >= 4 is 11.0 Å². The van der Waals surface area contributed by atoms with Gasteiger partial charge in [0.25, 0.3) is 0 Å². The van der Waals surface area contributed by atoms with Gasteiger partial charge in [-0.15, -0.1) is 0 Å². The molecule has 1 aromatic carbocycles. The van der Waals surface area contributed by atoms with Gasteiger partial charge >= 0.3 is 0 Å². The van der Waals surface area contributed by atoms with E-state index in [2.05, 4.69) is 26.4 Å². The van der Waals surface area contributed by atoms with Gasteiger partial charge in [0.1, 0.15) is 0 Å². The van der Waals surface area contributed by atoms with Gasteiger partial charge in [-0.3, -0.25) is 20.8 Å². The lowest BCUT2D eigenvalue weighted by Gasteiger charge is -2.17. The number of fused-ring (bicyclic) bond motifs is 1. The minimum atomic E-state index is -0.117. The van der Waals surface area contributed by atoms with Gasteiger partial charge in [-0.05, 0) is 35.7 Å². The van der Waals surface area contributed by atoms with Crippen molar-refractivity contribution in [2.24, 2.45) is 5.84 Å². The Labute approximate surface area is 116 Å². The van der Waals surface area contributed by atoms with Gasteiger partial charge in [0.15, 0.2) is 0 Å². The van der Waals surface area contributed by atoms with Crippen LogP contribution in [0.2, 0.25) is 0 Å². The third-order valence-corrected chi connectivity index (χ3v) is 3.22. The summed E-state index contributed by atoms with van der Waals surface area (Å²) in [5.41, 5.74) is 7.72. The van der Waals surface area contributed by atoms with E-state index in [1.807, 2.05) is 37.5 Å². The highest BCUT2D eigenvalue weighted by atomic mass is 15.2. The zero-order chi connectivity index (χ0) is 13.9. The topological polar surface area (TPSA) is 76.7 Å². The fourth-order valence-corrected chi connectivity index (χ4v) is 2.28. The van der Waals surface area contributed by atoms with E-state index in [0.29, 0.717) is 0 Å². The van der Waals surface area contributed by atoms with Crippen molar-refractivity contribution in [3.05, 3.63) is 65.7 Å². The summed E-state index contributed by atoms with van der Waals surface area (Å²) in [6, 6.07) is 7.90. The van der Waals surface area contributed by atoms with E-state index in [1.165, 1.54) is 0 Å². The molecule has 20 heavy (non-hydrogen) atoms. The number of hydrogen-bond donors (Lipinski definition) is 2. The Kier molecular flexibility index (Phi) is 3.37. The van der Waals surface area contributed by atoms with Crippen LogP contribution >= 0.6 is 0 Å². The number of hydrazine groups is 1. The SMILES string of the molecule is Cc1cncc(C(NN)c2ccc3nccnc3c2)c1. The zero-order valence-corrected chi connectivity index (χ0v) is 11.1. The Balaban J connectivity index is 2.07. The average Bonchev–Trinajstić information content (AvgIpc) is 2.48. The Morgan fingerprint density at radius 3 is 2.55 bits per heavy atom. The van der Waals surface area contributed by atoms with E-state index >= 15 is 0 Å². The Hall–Kier alpha value is -2.37. The van der Waals surface area contributed by atoms with Crippen LogP contribution in [0.4, 0.5) is 0 Å². The molecule has 5 nitrogen and oxygen atoms in total. The monoisotopic (exact) mass is 265 g/mol. The summed E-state index contributed by atoms with van der Waals surface area (Å²) in [6.45, 7) is 2.01. The van der Waals surface area contributed by atoms with Crippen molar-refractivity contribution in [1.82, 2.24) is 20.4 Å². The molecule has 3 N–H and O–H groups in total. The largest absolute Gasteiger partial charge is 0.271 e. The predicted molar refractivity (Wildman–Crippen MR) is 77.7 cm³/mol. The quantitative estimate of drug-likeness (QED) is 0.558. The second-order valence-electron chi connectivity index (χ2n) is 4.70. The second-order valence-corrected chi connectivity index (χ2v) is 4.70. The van der Waals surface area contributed by atoms with Crippen molar-refractivity contribution in [2.75, 3.05) is 0 Å². The molecule has 0 saturated heterocycles. The van der Waals surface area contributed by atoms with E-state index in [1.54, 1.807) is 12.4 Å². The van der Waals surface area contributed by atoms with Gasteiger partial charge in [0.05, 0.1) is 17.1 Å². The number of nitrogens with zero attached hydrogens (tertiary/aromatic N) is 3. The van der Waals surface area contributed by atoms with Crippen molar-refractivity contribution < 1.29 is 0 Å². The van der Waals surface area contributed by atoms with Gasteiger partial charge in [-0.2, -0.15) is 0 Å². The molecule has 3 rings (SSSR count). The van der Waals surface area contributed by atoms with Gasteiger partial charge < -0.3 is 0 Å². The number of nitrogens with two attached hydrogens (primary N) is 1. The molecule has 0 bridgehead atoms. The second kappa shape index (κ2) is 5.32. The lowest BCUT2D eigenvalue weighted by atomic mass is 9.99. The predicted octanol–water partition coefficient (Wildman–Crippen LogP) is 1.89. The normalized spacial score (nSPS) is 12.5. The maximum Gasteiger partial charge on any atom is 0.0890 e. The highest BCUT2D eigenvalue weighted by Gasteiger charge is 2.13. The summed E-state index contributed by atoms with van der Waals surface area (Å²) in [5.74, 6) is 5.72. The standard InChI is InChI=1S/C15H15N5/c1-10-6-12(9-17-8-10)15(20-16)11-2-3-13-14(7-11)19-5-4-18-13/h2-9,15,20H,16H2,1H3. The third kappa shape index (κ3) is 2.36. The van der Waals surface area contributed by atoms with E-state index in [9.17, 15) is 0 Å². The average molecular weight is 265 g/mol. The molecule has 1 atom stereocenters. The van der Waals surface area contributed by atoms with Crippen LogP contribution in [0.3, 0.4) is 0 Å². The molecule has 2 aromatic heterocycles. The first-order valence-corrected chi connectivity index (χ1v) is 6.36. The smallest absolute Gasteiger partial charge is 0.0890 e. The van der Waals surface area contributed by atoms with Crippen LogP contribution in [0.15, 0.2) is 49.1 Å². The molecule has 0 fully saturated rings. The van der Waals surface area contributed by atoms with Crippen LogP contribution in [-0.2, 0) is 0 Å². The number of benzene rings is 1. The molecule has 0 aliphatic heterocycles. The van der Waals surface area contributed by atoms with Crippen molar-refractivity contribution in [3.8, 4) is 0 Å². The van der Waals surface area contributed by atoms with Crippen LogP contribution in [-0.4, -0.2) is 15.0 Å². The molecular formula is C15H15N5. The van der Waals surface area contributed by atoms with Crippen LogP contribution in [0.25, 0.3) is 11.0 Å². The summed E-state index contributed by atoms with van der Waals surface area (Å²) in [4.78, 5) is 12.8. The number of rotatable bonds is 3. The Morgan fingerprint density at radius 1 is 1.00 bits per heavy atom. The van der Waals surface area contributed by atoms with Crippen LogP contribution < -0.4 is 11.3 Å². The van der Waals surface area contributed by atoms with E-state index in [-0.39, 0.29) is 6.04 Å². The molecule has 2 heterocycles. The van der Waals surface area contributed by atoms with E-state index in [4.69, 9.17) is 5.84 Å². The fraction of sp³-hybridized carbons (Fsp3) is 0.133. The van der Waals surface area contributed by atoms with Gasteiger partial charge in [0.2, 0.25) is 0 Å². The van der Waals surface area contributed by atoms with Gasteiger partial charge in [-0.1, -0.05) is 12.1 Å². The van der Waals surface area contributed by atoms with E-state index in [0.717, 1.165) is 27.7 Å². The first-order valence-electron chi connectivity index (χ1n) is 6.36. The molecular weight excluding hydrogens is 250 g/mol. The minimum Gasteiger partial charge on any atom is -0.271 e. The number of aryl methyl sites for hydroxylation is 1. The highest BCUT2D eigenvalue weighted by molar-refractivity contribution is 5.74. The maximum atomic E-state index is 5.72. The first-order chi connectivity index (χ1) is 9.78. The summed E-state index contributed by atoms with van der Waals surface area (Å²) in [6.07, 6.45) is 7.01. The summed E-state index contributed by atoms with van der Waals surface area (Å²) in [5, 5.41) is 0. The Morgan fingerprint density at radius 2 is 1.80 bits per heavy atom. The lowest BCUT2D eigenvalue weighted by Crippen LogP contribution is -2.29. The van der Waals surface area contributed by atoms with Crippen LogP contribution in [0, 0.1) is 6.92 Å². The van der Waals surface area contributed by atoms with Crippen LogP contribution in [0.5, 0.6) is 0 Å². The molecule has 100 valence electrons. The third-order valence-electron chi connectivity index (χ3n) is 3.22. The number of hydrogen-bond acceptors (Lipinski definition) is 5. The zero-order valence-electron chi connectivity index (χ0n) is 11.1. The number of nitrogens with one attached hydrogen (secondary N) is 1. The number of aromatic nitrogens is 3. The molecule has 0 aliphatic rings. The summed E-state index contributed by atoms with van der Waals surface area (Å²) in [7, 11) is 0. The molecule has 0 spiro atoms. The molecule has 0 radical (unpaired) electrons. The van der Waals surface area contributed by atoms with Crippen molar-refractivity contribution in [3.63, 3.8) is 0 Å². The summed E-state index contributed by atoms with van der Waals surface area (Å²) >= 11 is 0. The maximum absolute atomic E-state index is 5.72. The minimum absolute atomic E-state index is 0.117. The molecule has 0 aliphatic carbocycles. The molecule has 0 amide bonds. The first kappa shape index (κ1) is 12.7. The van der Waals surface area contributed by atoms with Crippen molar-refractivity contribution in [1.29, 1.82) is 0 Å². The summed E-state index contributed by atoms with van der Waals surface area (Å²) < 4.78 is 0. The van der Waals surface area contributed by atoms with E-state index < -0.39 is 0 Å². The molecule has 0 saturated carbocycles. The fourth-order valence-electron chi connectivity index (χ4n) is 2.28. The molecule has 3 aromatic rings. The Bertz CT molecular complexity index is 741. The lowest BCUT2D eigenvalue weighted by molar-refractivity contribution is 0.634. The van der Waals surface area contributed by atoms with Crippen molar-refractivity contribution in [2.45, 2.75) is 13.0 Å². The van der Waals surface area contributed by atoms with Crippen LogP contribution in [0.1, 0.15) is 22.7 Å². The highest BCUT2D eigenvalue weighted by Crippen LogP contribution is 2.23. The molecule has 5 heteroatoms. The van der Waals surface area contributed by atoms with Gasteiger partial charge in [0, 0.05) is 24.8 Å². The molecule has 1 unspecified atom stereocenters.